The fourth-order valence-electron chi connectivity index (χ4n) is 5.23. The van der Waals surface area contributed by atoms with E-state index in [9.17, 15) is 18.0 Å². The Morgan fingerprint density at radius 2 is 1.86 bits per heavy atom. The van der Waals surface area contributed by atoms with Crippen molar-refractivity contribution in [1.29, 1.82) is 0 Å². The first-order valence-electron chi connectivity index (χ1n) is 13.9. The number of terminal acetylenes is 1. The monoisotopic (exact) mass is 645 g/mol. The second-order valence-corrected chi connectivity index (χ2v) is 14.8. The fraction of sp³-hybridized carbons (Fsp3) is 0.419. The highest BCUT2D eigenvalue weighted by Gasteiger charge is 2.46. The highest BCUT2D eigenvalue weighted by atomic mass is 35.5. The van der Waals surface area contributed by atoms with Gasteiger partial charge in [-0.25, -0.2) is 8.42 Å². The number of aromatic amines is 1. The molecule has 1 aromatic heterocycles. The molecule has 2 N–H and O–H groups in total. The van der Waals surface area contributed by atoms with Crippen LogP contribution in [0.15, 0.2) is 53.4 Å². The molecule has 1 saturated heterocycles. The van der Waals surface area contributed by atoms with Crippen LogP contribution in [0, 0.1) is 17.8 Å². The van der Waals surface area contributed by atoms with Gasteiger partial charge in [0.25, 0.3) is 5.91 Å². The Balaban J connectivity index is 1.42. The molecule has 1 aliphatic rings. The van der Waals surface area contributed by atoms with Crippen LogP contribution in [0.1, 0.15) is 38.2 Å². The molecule has 0 bridgehead atoms. The number of carbonyl (C=O) groups excluding carboxylic acids is 2. The van der Waals surface area contributed by atoms with Gasteiger partial charge in [-0.3, -0.25) is 14.5 Å². The first-order valence-corrected chi connectivity index (χ1v) is 16.1. The zero-order valence-electron chi connectivity index (χ0n) is 24.9. The van der Waals surface area contributed by atoms with Gasteiger partial charge in [-0.2, -0.15) is 4.31 Å². The number of amides is 2. The molecule has 2 heterocycles. The number of para-hydroxylation sites is 1. The van der Waals surface area contributed by atoms with E-state index in [-0.39, 0.29) is 51.9 Å². The van der Waals surface area contributed by atoms with Crippen LogP contribution in [0.25, 0.3) is 10.9 Å². The quantitative estimate of drug-likeness (QED) is 0.317. The molecule has 3 atom stereocenters. The van der Waals surface area contributed by atoms with Gasteiger partial charge in [0, 0.05) is 54.7 Å². The SMILES string of the molecule is C#CCN(CCN(C)S(=O)(=O)c1cc(Cl)ccc1Cl)[C@@H]1CN(C(=O)[C@@H](NC(=O)c2cc3ccccc3[nH]2)C(C)(C)C)[C@H]1C. The number of aromatic nitrogens is 1. The summed E-state index contributed by atoms with van der Waals surface area (Å²) in [5.41, 5.74) is 0.671. The number of hydrogen-bond donors (Lipinski definition) is 2. The number of rotatable bonds is 10. The largest absolute Gasteiger partial charge is 0.351 e. The van der Waals surface area contributed by atoms with Gasteiger partial charge in [0.1, 0.15) is 16.6 Å². The minimum atomic E-state index is -3.89. The zero-order valence-corrected chi connectivity index (χ0v) is 27.2. The van der Waals surface area contributed by atoms with Gasteiger partial charge in [-0.1, -0.05) is 68.1 Å². The summed E-state index contributed by atoms with van der Waals surface area (Å²) in [6.45, 7) is 8.84. The Labute approximate surface area is 263 Å². The zero-order chi connectivity index (χ0) is 31.7. The molecule has 0 radical (unpaired) electrons. The molecule has 43 heavy (non-hydrogen) atoms. The van der Waals surface area contributed by atoms with E-state index in [0.717, 1.165) is 10.9 Å². The first-order chi connectivity index (χ1) is 20.1. The summed E-state index contributed by atoms with van der Waals surface area (Å²) < 4.78 is 27.6. The van der Waals surface area contributed by atoms with Crippen molar-refractivity contribution in [3.05, 3.63) is 64.3 Å². The summed E-state index contributed by atoms with van der Waals surface area (Å²) in [6.07, 6.45) is 5.66. The van der Waals surface area contributed by atoms with Gasteiger partial charge in [0.05, 0.1) is 11.6 Å². The van der Waals surface area contributed by atoms with Crippen LogP contribution in [0.4, 0.5) is 0 Å². The maximum absolute atomic E-state index is 13.8. The summed E-state index contributed by atoms with van der Waals surface area (Å²) in [4.78, 5) is 33.8. The maximum atomic E-state index is 13.8. The van der Waals surface area contributed by atoms with Crippen LogP contribution in [0.2, 0.25) is 10.0 Å². The van der Waals surface area contributed by atoms with E-state index >= 15 is 0 Å². The number of fused-ring (bicyclic) bond motifs is 1. The third kappa shape index (κ3) is 7.03. The molecule has 1 aliphatic heterocycles. The molecule has 0 aliphatic carbocycles. The van der Waals surface area contributed by atoms with Gasteiger partial charge in [-0.05, 0) is 42.7 Å². The predicted octanol–water partition coefficient (Wildman–Crippen LogP) is 4.47. The minimum absolute atomic E-state index is 0.0656. The van der Waals surface area contributed by atoms with Crippen LogP contribution in [0.3, 0.4) is 0 Å². The summed E-state index contributed by atoms with van der Waals surface area (Å²) in [5.74, 6) is 2.11. The number of hydrogen-bond acceptors (Lipinski definition) is 5. The Morgan fingerprint density at radius 3 is 2.49 bits per heavy atom. The standard InChI is InChI=1S/C31H37Cl2N5O4S/c1-7-14-37(16-15-36(6)43(41,42)27-18-22(32)12-13-23(27)33)26-19-38(20(26)2)30(40)28(31(3,4)5)35-29(39)25-17-21-10-8-9-11-24(21)34-25/h1,8-13,17-18,20,26,28,34H,14-16,19H2,2-6H3,(H,35,39)/t20-,26+,28+/m0/s1. The molecule has 0 spiro atoms. The average Bonchev–Trinajstić information content (AvgIpc) is 3.38. The van der Waals surface area contributed by atoms with E-state index in [1.807, 2.05) is 56.9 Å². The van der Waals surface area contributed by atoms with Crippen molar-refractivity contribution in [2.75, 3.05) is 33.2 Å². The molecule has 230 valence electrons. The second kappa shape index (κ2) is 12.9. The van der Waals surface area contributed by atoms with Gasteiger partial charge in [0.15, 0.2) is 0 Å². The lowest BCUT2D eigenvalue weighted by Crippen LogP contribution is -2.70. The molecule has 0 unspecified atom stereocenters. The average molecular weight is 647 g/mol. The first kappa shape index (κ1) is 32.8. The molecule has 4 rings (SSSR count). The van der Waals surface area contributed by atoms with E-state index in [1.165, 1.54) is 29.6 Å². The van der Waals surface area contributed by atoms with Crippen molar-refractivity contribution in [3.8, 4) is 12.3 Å². The lowest BCUT2D eigenvalue weighted by molar-refractivity contribution is -0.149. The van der Waals surface area contributed by atoms with Gasteiger partial charge < -0.3 is 15.2 Å². The molecule has 9 nitrogen and oxygen atoms in total. The number of benzene rings is 2. The number of sulfonamides is 1. The number of carbonyl (C=O) groups is 2. The Hall–Kier alpha value is -3.07. The number of likely N-dealkylation sites (N-methyl/N-ethyl adjacent to an activating group) is 1. The molecule has 3 aromatic rings. The van der Waals surface area contributed by atoms with E-state index in [2.05, 4.69) is 16.2 Å². The molecule has 12 heteroatoms. The van der Waals surface area contributed by atoms with Gasteiger partial charge >= 0.3 is 0 Å². The van der Waals surface area contributed by atoms with Crippen LogP contribution < -0.4 is 5.32 Å². The smallest absolute Gasteiger partial charge is 0.268 e. The number of nitrogens with zero attached hydrogens (tertiary/aromatic N) is 3. The van der Waals surface area contributed by atoms with Crippen LogP contribution in [0.5, 0.6) is 0 Å². The summed E-state index contributed by atoms with van der Waals surface area (Å²) >= 11 is 12.2. The van der Waals surface area contributed by atoms with Crippen LogP contribution in [-0.2, 0) is 14.8 Å². The van der Waals surface area contributed by atoms with Crippen molar-refractivity contribution in [3.63, 3.8) is 0 Å². The van der Waals surface area contributed by atoms with Gasteiger partial charge in [-0.15, -0.1) is 6.42 Å². The maximum Gasteiger partial charge on any atom is 0.268 e. The van der Waals surface area contributed by atoms with Crippen molar-refractivity contribution in [2.45, 2.75) is 50.7 Å². The third-order valence-electron chi connectivity index (χ3n) is 7.93. The van der Waals surface area contributed by atoms with Crippen molar-refractivity contribution in [1.82, 2.24) is 24.4 Å². The van der Waals surface area contributed by atoms with Crippen molar-refractivity contribution in [2.24, 2.45) is 5.41 Å². The van der Waals surface area contributed by atoms with E-state index in [1.54, 1.807) is 11.0 Å². The highest BCUT2D eigenvalue weighted by Crippen LogP contribution is 2.30. The third-order valence-corrected chi connectivity index (χ3v) is 10.5. The fourth-order valence-corrected chi connectivity index (χ4v) is 7.13. The van der Waals surface area contributed by atoms with Gasteiger partial charge in [0.2, 0.25) is 15.9 Å². The molecular formula is C31H37Cl2N5O4S. The van der Waals surface area contributed by atoms with E-state index in [4.69, 9.17) is 29.6 Å². The Morgan fingerprint density at radius 1 is 1.16 bits per heavy atom. The van der Waals surface area contributed by atoms with E-state index < -0.39 is 21.5 Å². The highest BCUT2D eigenvalue weighted by molar-refractivity contribution is 7.89. The van der Waals surface area contributed by atoms with Crippen molar-refractivity contribution >= 4 is 55.9 Å². The molecule has 2 aromatic carbocycles. The molecule has 1 fully saturated rings. The van der Waals surface area contributed by atoms with E-state index in [0.29, 0.717) is 18.8 Å². The summed E-state index contributed by atoms with van der Waals surface area (Å²) in [5, 5.41) is 4.22. The second-order valence-electron chi connectivity index (χ2n) is 11.9. The summed E-state index contributed by atoms with van der Waals surface area (Å²) in [6, 6.07) is 12.6. The Kier molecular flexibility index (Phi) is 9.84. The Bertz CT molecular complexity index is 1630. The van der Waals surface area contributed by atoms with Crippen LogP contribution >= 0.6 is 23.2 Å². The lowest BCUT2D eigenvalue weighted by Gasteiger charge is -2.52. The minimum Gasteiger partial charge on any atom is -0.351 e. The molecule has 2 amide bonds. The number of H-pyrrole nitrogens is 1. The number of likely N-dealkylation sites (tertiary alicyclic amines) is 1. The predicted molar refractivity (Wildman–Crippen MR) is 171 cm³/mol. The molecular weight excluding hydrogens is 609 g/mol. The molecule has 0 saturated carbocycles. The number of nitrogens with one attached hydrogen (secondary N) is 2. The van der Waals surface area contributed by atoms with Crippen LogP contribution in [-0.4, -0.2) is 90.7 Å². The lowest BCUT2D eigenvalue weighted by atomic mass is 9.83. The number of halogens is 2. The van der Waals surface area contributed by atoms with Crippen molar-refractivity contribution < 1.29 is 18.0 Å². The normalized spacial score (nSPS) is 18.0. The summed E-state index contributed by atoms with van der Waals surface area (Å²) in [7, 11) is -2.42. The topological polar surface area (TPSA) is 106 Å².